The molecule has 0 spiro atoms. The van der Waals surface area contributed by atoms with Gasteiger partial charge in [-0.2, -0.15) is 0 Å². The van der Waals surface area contributed by atoms with Crippen molar-refractivity contribution in [3.8, 4) is 0 Å². The van der Waals surface area contributed by atoms with E-state index in [0.717, 1.165) is 11.5 Å². The average molecular weight is 247 g/mol. The van der Waals surface area contributed by atoms with Crippen LogP contribution in [0.25, 0.3) is 0 Å². The molecule has 1 aromatic carbocycles. The molecule has 0 amide bonds. The highest BCUT2D eigenvalue weighted by molar-refractivity contribution is 5.17. The second-order valence-electron chi connectivity index (χ2n) is 5.52. The van der Waals surface area contributed by atoms with Gasteiger partial charge in [-0.1, -0.05) is 49.6 Å². The van der Waals surface area contributed by atoms with E-state index in [-0.39, 0.29) is 0 Å². The number of benzene rings is 1. The van der Waals surface area contributed by atoms with Crippen molar-refractivity contribution in [1.82, 2.24) is 5.32 Å². The summed E-state index contributed by atoms with van der Waals surface area (Å²) in [6, 6.07) is 10.4. The van der Waals surface area contributed by atoms with Gasteiger partial charge in [0, 0.05) is 12.6 Å². The van der Waals surface area contributed by atoms with E-state index in [9.17, 15) is 5.11 Å². The van der Waals surface area contributed by atoms with E-state index in [1.54, 1.807) is 0 Å². The van der Waals surface area contributed by atoms with Crippen LogP contribution in [0, 0.1) is 5.92 Å². The molecule has 2 atom stereocenters. The third-order valence-corrected chi connectivity index (χ3v) is 4.17. The molecule has 2 heteroatoms. The Balaban J connectivity index is 1.76. The summed E-state index contributed by atoms with van der Waals surface area (Å²) in [6.45, 7) is 2.91. The monoisotopic (exact) mass is 247 g/mol. The Kier molecular flexibility index (Phi) is 5.21. The average Bonchev–Trinajstić information content (AvgIpc) is 2.46. The molecule has 0 heterocycles. The molecule has 0 aromatic heterocycles. The van der Waals surface area contributed by atoms with Crippen molar-refractivity contribution >= 4 is 0 Å². The van der Waals surface area contributed by atoms with Crippen LogP contribution < -0.4 is 5.32 Å². The van der Waals surface area contributed by atoms with Crippen molar-refractivity contribution in [2.24, 2.45) is 5.92 Å². The normalized spacial score (nSPS) is 20.6. The number of aliphatic hydroxyl groups excluding tert-OH is 1. The maximum Gasteiger partial charge on any atom is 0.0914 e. The highest BCUT2D eigenvalue weighted by Crippen LogP contribution is 2.26. The standard InChI is InChI=1S/C16H25NO/c1-13(14-8-4-2-5-9-14)17-12-16(18)15-10-6-3-7-11-15/h3,6-7,10-11,13-14,16-18H,2,4-5,8-9,12H2,1H3/t13-,16?/m0/s1. The molecule has 2 N–H and O–H groups in total. The van der Waals surface area contributed by atoms with Crippen molar-refractivity contribution < 1.29 is 5.11 Å². The largest absolute Gasteiger partial charge is 0.387 e. The Bertz CT molecular complexity index is 332. The summed E-state index contributed by atoms with van der Waals surface area (Å²) in [5.41, 5.74) is 1.00. The first-order valence-electron chi connectivity index (χ1n) is 7.24. The van der Waals surface area contributed by atoms with Gasteiger partial charge in [-0.15, -0.1) is 0 Å². The second-order valence-corrected chi connectivity index (χ2v) is 5.52. The third kappa shape index (κ3) is 3.82. The van der Waals surface area contributed by atoms with Crippen molar-refractivity contribution in [2.75, 3.05) is 6.54 Å². The quantitative estimate of drug-likeness (QED) is 0.837. The minimum absolute atomic E-state index is 0.391. The zero-order chi connectivity index (χ0) is 12.8. The van der Waals surface area contributed by atoms with Gasteiger partial charge in [0.25, 0.3) is 0 Å². The van der Waals surface area contributed by atoms with Crippen LogP contribution in [0.1, 0.15) is 50.7 Å². The molecule has 0 aliphatic heterocycles. The van der Waals surface area contributed by atoms with Gasteiger partial charge in [-0.05, 0) is 31.2 Å². The summed E-state index contributed by atoms with van der Waals surface area (Å²) >= 11 is 0. The summed E-state index contributed by atoms with van der Waals surface area (Å²) in [5.74, 6) is 0.793. The Labute approximate surface area is 110 Å². The molecule has 100 valence electrons. The minimum atomic E-state index is -0.391. The Hall–Kier alpha value is -0.860. The lowest BCUT2D eigenvalue weighted by atomic mass is 9.84. The number of nitrogens with one attached hydrogen (secondary N) is 1. The molecule has 1 aliphatic carbocycles. The molecule has 1 aliphatic rings. The third-order valence-electron chi connectivity index (χ3n) is 4.17. The van der Waals surface area contributed by atoms with Crippen LogP contribution in [0.5, 0.6) is 0 Å². The van der Waals surface area contributed by atoms with Crippen LogP contribution in [0.4, 0.5) is 0 Å². The molecule has 0 radical (unpaired) electrons. The molecule has 1 aromatic rings. The van der Waals surface area contributed by atoms with E-state index in [2.05, 4.69) is 12.2 Å². The fourth-order valence-electron chi connectivity index (χ4n) is 2.89. The second kappa shape index (κ2) is 6.91. The van der Waals surface area contributed by atoms with Gasteiger partial charge in [0.1, 0.15) is 0 Å². The molecule has 1 fully saturated rings. The Morgan fingerprint density at radius 2 is 1.83 bits per heavy atom. The fourth-order valence-corrected chi connectivity index (χ4v) is 2.89. The summed E-state index contributed by atoms with van der Waals surface area (Å²) < 4.78 is 0. The lowest BCUT2D eigenvalue weighted by Crippen LogP contribution is -2.37. The van der Waals surface area contributed by atoms with Crippen molar-refractivity contribution in [3.63, 3.8) is 0 Å². The number of aliphatic hydroxyl groups is 1. The highest BCUT2D eigenvalue weighted by atomic mass is 16.3. The first-order valence-corrected chi connectivity index (χ1v) is 7.24. The molecule has 2 nitrogen and oxygen atoms in total. The predicted octanol–water partition coefficient (Wildman–Crippen LogP) is 3.28. The molecule has 0 bridgehead atoms. The maximum absolute atomic E-state index is 10.1. The smallest absolute Gasteiger partial charge is 0.0914 e. The molecule has 2 rings (SSSR count). The van der Waals surface area contributed by atoms with E-state index >= 15 is 0 Å². The van der Waals surface area contributed by atoms with Crippen LogP contribution in [-0.4, -0.2) is 17.7 Å². The van der Waals surface area contributed by atoms with Crippen molar-refractivity contribution in [3.05, 3.63) is 35.9 Å². The van der Waals surface area contributed by atoms with Gasteiger partial charge in [-0.3, -0.25) is 0 Å². The van der Waals surface area contributed by atoms with Gasteiger partial charge < -0.3 is 10.4 Å². The van der Waals surface area contributed by atoms with Crippen LogP contribution in [-0.2, 0) is 0 Å². The van der Waals surface area contributed by atoms with Gasteiger partial charge in [0.2, 0.25) is 0 Å². The van der Waals surface area contributed by atoms with E-state index < -0.39 is 6.10 Å². The molecule has 1 saturated carbocycles. The van der Waals surface area contributed by atoms with Gasteiger partial charge in [-0.25, -0.2) is 0 Å². The first-order chi connectivity index (χ1) is 8.77. The molecule has 1 unspecified atom stereocenters. The van der Waals surface area contributed by atoms with E-state index in [0.29, 0.717) is 12.6 Å². The predicted molar refractivity (Wildman–Crippen MR) is 75.4 cm³/mol. The maximum atomic E-state index is 10.1. The topological polar surface area (TPSA) is 32.3 Å². The number of rotatable bonds is 5. The Morgan fingerprint density at radius 3 is 2.50 bits per heavy atom. The van der Waals surface area contributed by atoms with Crippen LogP contribution in [0.3, 0.4) is 0 Å². The molecular formula is C16H25NO. The SMILES string of the molecule is C[C@H](NCC(O)c1ccccc1)C1CCCCC1. The summed E-state index contributed by atoms with van der Waals surface area (Å²) in [7, 11) is 0. The van der Waals surface area contributed by atoms with Gasteiger partial charge in [0.05, 0.1) is 6.10 Å². The number of hydrogen-bond donors (Lipinski definition) is 2. The summed E-state index contributed by atoms with van der Waals surface area (Å²) in [6.07, 6.45) is 6.44. The van der Waals surface area contributed by atoms with Gasteiger partial charge >= 0.3 is 0 Å². The van der Waals surface area contributed by atoms with E-state index in [1.165, 1.54) is 32.1 Å². The van der Waals surface area contributed by atoms with Crippen molar-refractivity contribution in [1.29, 1.82) is 0 Å². The summed E-state index contributed by atoms with van der Waals surface area (Å²) in [4.78, 5) is 0. The first kappa shape index (κ1) is 13.6. The van der Waals surface area contributed by atoms with Crippen molar-refractivity contribution in [2.45, 2.75) is 51.2 Å². The zero-order valence-corrected chi connectivity index (χ0v) is 11.3. The molecule has 0 saturated heterocycles. The molecular weight excluding hydrogens is 222 g/mol. The zero-order valence-electron chi connectivity index (χ0n) is 11.3. The Morgan fingerprint density at radius 1 is 1.17 bits per heavy atom. The van der Waals surface area contributed by atoms with Crippen LogP contribution >= 0.6 is 0 Å². The van der Waals surface area contributed by atoms with Gasteiger partial charge in [0.15, 0.2) is 0 Å². The summed E-state index contributed by atoms with van der Waals surface area (Å²) in [5, 5.41) is 13.6. The molecule has 18 heavy (non-hydrogen) atoms. The lowest BCUT2D eigenvalue weighted by Gasteiger charge is -2.29. The highest BCUT2D eigenvalue weighted by Gasteiger charge is 2.20. The van der Waals surface area contributed by atoms with E-state index in [4.69, 9.17) is 0 Å². The minimum Gasteiger partial charge on any atom is -0.387 e. The number of hydrogen-bond acceptors (Lipinski definition) is 2. The van der Waals surface area contributed by atoms with Crippen LogP contribution in [0.2, 0.25) is 0 Å². The fraction of sp³-hybridized carbons (Fsp3) is 0.625. The van der Waals surface area contributed by atoms with E-state index in [1.807, 2.05) is 30.3 Å². The lowest BCUT2D eigenvalue weighted by molar-refractivity contribution is 0.161. The van der Waals surface area contributed by atoms with Crippen LogP contribution in [0.15, 0.2) is 30.3 Å².